The van der Waals surface area contributed by atoms with Crippen molar-refractivity contribution in [2.45, 2.75) is 6.54 Å². The van der Waals surface area contributed by atoms with Crippen molar-refractivity contribution < 1.29 is 9.26 Å². The molecule has 0 atom stereocenters. The molecule has 1 saturated heterocycles. The number of hydrogen-bond donors (Lipinski definition) is 1. The maximum Gasteiger partial charge on any atom is 0.151 e. The summed E-state index contributed by atoms with van der Waals surface area (Å²) in [5, 5.41) is 7.53. The van der Waals surface area contributed by atoms with Crippen molar-refractivity contribution in [3.05, 3.63) is 34.5 Å². The van der Waals surface area contributed by atoms with Crippen molar-refractivity contribution in [1.29, 1.82) is 0 Å². The average molecular weight is 352 g/mol. The number of nitrogens with zero attached hydrogens (tertiary/aromatic N) is 2. The smallest absolute Gasteiger partial charge is 0.151 e. The molecule has 112 valence electrons. The second kappa shape index (κ2) is 6.60. The van der Waals surface area contributed by atoms with Gasteiger partial charge >= 0.3 is 0 Å². The van der Waals surface area contributed by atoms with Gasteiger partial charge in [0.25, 0.3) is 0 Å². The zero-order valence-electron chi connectivity index (χ0n) is 11.9. The van der Waals surface area contributed by atoms with Crippen LogP contribution < -0.4 is 10.1 Å². The number of piperazine rings is 1. The van der Waals surface area contributed by atoms with Crippen LogP contribution in [0.2, 0.25) is 0 Å². The van der Waals surface area contributed by atoms with E-state index in [1.165, 1.54) is 0 Å². The maximum atomic E-state index is 5.48. The lowest BCUT2D eigenvalue weighted by Crippen LogP contribution is -2.42. The van der Waals surface area contributed by atoms with Gasteiger partial charge in [-0.1, -0.05) is 21.1 Å². The fourth-order valence-corrected chi connectivity index (χ4v) is 2.85. The van der Waals surface area contributed by atoms with Gasteiger partial charge in [-0.15, -0.1) is 0 Å². The Hall–Kier alpha value is -1.37. The maximum absolute atomic E-state index is 5.48. The van der Waals surface area contributed by atoms with E-state index < -0.39 is 0 Å². The van der Waals surface area contributed by atoms with Gasteiger partial charge < -0.3 is 14.6 Å². The summed E-state index contributed by atoms with van der Waals surface area (Å²) in [5.41, 5.74) is 1.74. The second-order valence-corrected chi connectivity index (χ2v) is 5.96. The predicted molar refractivity (Wildman–Crippen MR) is 84.3 cm³/mol. The van der Waals surface area contributed by atoms with Crippen LogP contribution in [0.15, 0.2) is 33.3 Å². The molecule has 1 fully saturated rings. The summed E-state index contributed by atoms with van der Waals surface area (Å²) >= 11 is 3.48. The molecule has 0 bridgehead atoms. The van der Waals surface area contributed by atoms with Crippen molar-refractivity contribution >= 4 is 15.9 Å². The van der Waals surface area contributed by atoms with Gasteiger partial charge in [0.2, 0.25) is 0 Å². The Morgan fingerprint density at radius 1 is 1.33 bits per heavy atom. The quantitative estimate of drug-likeness (QED) is 0.917. The second-order valence-electron chi connectivity index (χ2n) is 5.05. The Labute approximate surface area is 132 Å². The molecule has 1 aromatic carbocycles. The minimum atomic E-state index is 0.792. The van der Waals surface area contributed by atoms with E-state index in [-0.39, 0.29) is 0 Å². The van der Waals surface area contributed by atoms with Crippen LogP contribution in [0.4, 0.5) is 0 Å². The van der Waals surface area contributed by atoms with E-state index in [1.807, 2.05) is 24.3 Å². The first kappa shape index (κ1) is 14.6. The van der Waals surface area contributed by atoms with Crippen LogP contribution in [-0.4, -0.2) is 43.3 Å². The minimum absolute atomic E-state index is 0.792. The highest BCUT2D eigenvalue weighted by molar-refractivity contribution is 9.10. The first-order valence-electron chi connectivity index (χ1n) is 6.99. The Kier molecular flexibility index (Phi) is 4.57. The summed E-state index contributed by atoms with van der Waals surface area (Å²) in [7, 11) is 1.66. The monoisotopic (exact) mass is 351 g/mol. The molecule has 21 heavy (non-hydrogen) atoms. The summed E-state index contributed by atoms with van der Waals surface area (Å²) in [5.74, 6) is 1.68. The molecule has 5 nitrogen and oxygen atoms in total. The molecule has 0 unspecified atom stereocenters. The Bertz CT molecular complexity index is 609. The molecule has 6 heteroatoms. The lowest BCUT2D eigenvalue weighted by Gasteiger charge is -2.25. The average Bonchev–Trinajstić information content (AvgIpc) is 2.96. The molecule has 0 saturated carbocycles. The van der Waals surface area contributed by atoms with Crippen molar-refractivity contribution in [2.24, 2.45) is 0 Å². The fraction of sp³-hybridized carbons (Fsp3) is 0.400. The van der Waals surface area contributed by atoms with Gasteiger partial charge in [0.1, 0.15) is 11.4 Å². The third-order valence-electron chi connectivity index (χ3n) is 3.59. The number of halogens is 1. The molecule has 2 aromatic rings. The molecule has 2 heterocycles. The third kappa shape index (κ3) is 3.45. The number of benzene rings is 1. The van der Waals surface area contributed by atoms with Crippen LogP contribution >= 0.6 is 15.9 Å². The van der Waals surface area contributed by atoms with Gasteiger partial charge in [-0.2, -0.15) is 0 Å². The van der Waals surface area contributed by atoms with E-state index in [0.717, 1.165) is 60.0 Å². The van der Waals surface area contributed by atoms with E-state index in [9.17, 15) is 0 Å². The largest absolute Gasteiger partial charge is 0.496 e. The normalized spacial score (nSPS) is 16.1. The molecule has 1 N–H and O–H groups in total. The predicted octanol–water partition coefficient (Wildman–Crippen LogP) is 2.52. The SMILES string of the molecule is COc1ccc(Br)cc1-c1cc(CN2CCNCC2)on1. The molecule has 0 aliphatic carbocycles. The van der Waals surface area contributed by atoms with Gasteiger partial charge in [0, 0.05) is 42.3 Å². The molecule has 0 amide bonds. The van der Waals surface area contributed by atoms with E-state index in [4.69, 9.17) is 9.26 Å². The Morgan fingerprint density at radius 3 is 2.90 bits per heavy atom. The van der Waals surface area contributed by atoms with Gasteiger partial charge in [0.05, 0.1) is 13.7 Å². The lowest BCUT2D eigenvalue weighted by molar-refractivity contribution is 0.207. The molecular weight excluding hydrogens is 334 g/mol. The lowest BCUT2D eigenvalue weighted by atomic mass is 10.1. The first-order chi connectivity index (χ1) is 10.3. The summed E-state index contributed by atoms with van der Waals surface area (Å²) in [6.07, 6.45) is 0. The molecule has 3 rings (SSSR count). The molecule has 1 aromatic heterocycles. The van der Waals surface area contributed by atoms with E-state index in [0.29, 0.717) is 0 Å². The highest BCUT2D eigenvalue weighted by Crippen LogP contribution is 2.32. The van der Waals surface area contributed by atoms with Crippen molar-refractivity contribution in [1.82, 2.24) is 15.4 Å². The van der Waals surface area contributed by atoms with Crippen molar-refractivity contribution in [3.8, 4) is 17.0 Å². The summed E-state index contributed by atoms with van der Waals surface area (Å²) < 4.78 is 11.9. The van der Waals surface area contributed by atoms with E-state index in [2.05, 4.69) is 31.3 Å². The number of rotatable bonds is 4. The third-order valence-corrected chi connectivity index (χ3v) is 4.08. The number of methoxy groups -OCH3 is 1. The number of hydrogen-bond acceptors (Lipinski definition) is 5. The van der Waals surface area contributed by atoms with E-state index >= 15 is 0 Å². The molecule has 0 radical (unpaired) electrons. The number of aromatic nitrogens is 1. The van der Waals surface area contributed by atoms with Gasteiger partial charge in [0.15, 0.2) is 5.76 Å². The first-order valence-corrected chi connectivity index (χ1v) is 7.78. The molecule has 1 aliphatic heterocycles. The Morgan fingerprint density at radius 2 is 2.14 bits per heavy atom. The standard InChI is InChI=1S/C15H18BrN3O2/c1-20-15-3-2-11(16)8-13(15)14-9-12(21-18-14)10-19-6-4-17-5-7-19/h2-3,8-9,17H,4-7,10H2,1H3. The van der Waals surface area contributed by atoms with Gasteiger partial charge in [-0.3, -0.25) is 4.90 Å². The summed E-state index contributed by atoms with van der Waals surface area (Å²) in [6, 6.07) is 7.85. The van der Waals surface area contributed by atoms with Gasteiger partial charge in [-0.05, 0) is 18.2 Å². The van der Waals surface area contributed by atoms with Crippen LogP contribution in [-0.2, 0) is 6.54 Å². The van der Waals surface area contributed by atoms with E-state index in [1.54, 1.807) is 7.11 Å². The van der Waals surface area contributed by atoms with Crippen LogP contribution in [0.5, 0.6) is 5.75 Å². The van der Waals surface area contributed by atoms with Gasteiger partial charge in [-0.25, -0.2) is 0 Å². The highest BCUT2D eigenvalue weighted by atomic mass is 79.9. The number of ether oxygens (including phenoxy) is 1. The van der Waals surface area contributed by atoms with Crippen LogP contribution in [0.3, 0.4) is 0 Å². The topological polar surface area (TPSA) is 50.5 Å². The molecular formula is C15H18BrN3O2. The Balaban J connectivity index is 1.79. The molecule has 0 spiro atoms. The minimum Gasteiger partial charge on any atom is -0.496 e. The van der Waals surface area contributed by atoms with Crippen molar-refractivity contribution in [3.63, 3.8) is 0 Å². The summed E-state index contributed by atoms with van der Waals surface area (Å²) in [6.45, 7) is 4.93. The highest BCUT2D eigenvalue weighted by Gasteiger charge is 2.15. The molecule has 1 aliphatic rings. The van der Waals surface area contributed by atoms with Crippen LogP contribution in [0, 0.1) is 0 Å². The number of nitrogens with one attached hydrogen (secondary N) is 1. The van der Waals surface area contributed by atoms with Crippen LogP contribution in [0.1, 0.15) is 5.76 Å². The zero-order chi connectivity index (χ0) is 14.7. The zero-order valence-corrected chi connectivity index (χ0v) is 13.5. The van der Waals surface area contributed by atoms with Crippen LogP contribution in [0.25, 0.3) is 11.3 Å². The van der Waals surface area contributed by atoms with Crippen molar-refractivity contribution in [2.75, 3.05) is 33.3 Å². The fourth-order valence-electron chi connectivity index (χ4n) is 2.48. The summed E-state index contributed by atoms with van der Waals surface area (Å²) in [4.78, 5) is 2.36.